The molecule has 0 radical (unpaired) electrons. The van der Waals surface area contributed by atoms with Gasteiger partial charge in [-0.3, -0.25) is 4.79 Å². The van der Waals surface area contributed by atoms with Gasteiger partial charge < -0.3 is 10.7 Å². The van der Waals surface area contributed by atoms with Crippen LogP contribution in [-0.4, -0.2) is 9.97 Å². The number of H-pyrrole nitrogens is 1. The van der Waals surface area contributed by atoms with Crippen LogP contribution in [0.2, 0.25) is 10.0 Å². The van der Waals surface area contributed by atoms with E-state index in [-0.39, 0.29) is 27.1 Å². The Morgan fingerprint density at radius 1 is 0.812 bits per heavy atom. The number of benzene rings is 2. The van der Waals surface area contributed by atoms with Crippen molar-refractivity contribution in [1.29, 1.82) is 0 Å². The molecule has 4 rings (SSSR count). The maximum Gasteiger partial charge on any atom is 0.433 e. The molecule has 3 N–H and O–H groups in total. The first kappa shape index (κ1) is 23.7. The molecular formula is C20H11Cl2F6N3O. The summed E-state index contributed by atoms with van der Waals surface area (Å²) >= 11 is 11.3. The van der Waals surface area contributed by atoms with Crippen molar-refractivity contribution in [1.82, 2.24) is 9.97 Å². The van der Waals surface area contributed by atoms with Crippen LogP contribution in [0.15, 0.2) is 53.3 Å². The summed E-state index contributed by atoms with van der Waals surface area (Å²) in [5.41, 5.74) is 3.00. The monoisotopic (exact) mass is 493 g/mol. The number of aromatic amines is 1. The molecule has 4 nitrogen and oxygen atoms in total. The smallest absolute Gasteiger partial charge is 0.398 e. The van der Waals surface area contributed by atoms with Crippen molar-refractivity contribution in [2.75, 3.05) is 5.73 Å². The molecule has 4 aromatic rings. The van der Waals surface area contributed by atoms with E-state index < -0.39 is 29.2 Å². The predicted octanol–water partition coefficient (Wildman–Crippen LogP) is 6.69. The Hall–Kier alpha value is -2.98. The van der Waals surface area contributed by atoms with Crippen LogP contribution in [0, 0.1) is 0 Å². The number of aromatic nitrogens is 2. The Labute approximate surface area is 185 Å². The summed E-state index contributed by atoms with van der Waals surface area (Å²) in [4.78, 5) is 17.0. The van der Waals surface area contributed by atoms with E-state index >= 15 is 0 Å². The lowest BCUT2D eigenvalue weighted by Gasteiger charge is -2.09. The molecule has 32 heavy (non-hydrogen) atoms. The van der Waals surface area contributed by atoms with Gasteiger partial charge in [-0.05, 0) is 42.5 Å². The van der Waals surface area contributed by atoms with Crippen molar-refractivity contribution >= 4 is 50.7 Å². The van der Waals surface area contributed by atoms with Crippen LogP contribution in [0.4, 0.5) is 32.0 Å². The van der Waals surface area contributed by atoms with Crippen molar-refractivity contribution in [2.45, 2.75) is 12.4 Å². The van der Waals surface area contributed by atoms with Crippen LogP contribution in [0.3, 0.4) is 0 Å². The number of anilines is 1. The zero-order chi connectivity index (χ0) is 23.8. The van der Waals surface area contributed by atoms with Gasteiger partial charge in [-0.2, -0.15) is 26.3 Å². The van der Waals surface area contributed by atoms with E-state index in [1.807, 2.05) is 0 Å². The highest BCUT2D eigenvalue weighted by Crippen LogP contribution is 2.32. The van der Waals surface area contributed by atoms with E-state index in [1.54, 1.807) is 12.1 Å². The number of hydrogen-bond donors (Lipinski definition) is 2. The Morgan fingerprint density at radius 3 is 2.00 bits per heavy atom. The van der Waals surface area contributed by atoms with Gasteiger partial charge in [0.15, 0.2) is 5.43 Å². The molecule has 12 heteroatoms. The van der Waals surface area contributed by atoms with Gasteiger partial charge in [0.05, 0.1) is 11.0 Å². The lowest BCUT2D eigenvalue weighted by atomic mass is 10.1. The maximum atomic E-state index is 12.4. The summed E-state index contributed by atoms with van der Waals surface area (Å²) in [6, 6.07) is 9.92. The number of pyridine rings is 2. The number of nitrogens with two attached hydrogens (primary N) is 1. The second-order valence-electron chi connectivity index (χ2n) is 6.49. The number of alkyl halides is 6. The summed E-state index contributed by atoms with van der Waals surface area (Å²) in [5, 5.41) is 1.22. The summed E-state index contributed by atoms with van der Waals surface area (Å²) in [7, 11) is 0. The molecule has 2 aromatic heterocycles. The van der Waals surface area contributed by atoms with E-state index in [2.05, 4.69) is 9.97 Å². The lowest BCUT2D eigenvalue weighted by molar-refractivity contribution is -0.141. The molecule has 0 aliphatic carbocycles. The Morgan fingerprint density at radius 2 is 1.41 bits per heavy atom. The fourth-order valence-electron chi connectivity index (χ4n) is 2.75. The van der Waals surface area contributed by atoms with Gasteiger partial charge in [-0.1, -0.05) is 23.2 Å². The summed E-state index contributed by atoms with van der Waals surface area (Å²) in [6.45, 7) is 0. The fraction of sp³-hybridized carbons (Fsp3) is 0.100. The van der Waals surface area contributed by atoms with E-state index in [1.165, 1.54) is 24.3 Å². The summed E-state index contributed by atoms with van der Waals surface area (Å²) in [5.74, 6) is 0. The number of nitrogen functional groups attached to an aromatic ring is 1. The molecule has 0 aliphatic heterocycles. The third kappa shape index (κ3) is 5.25. The van der Waals surface area contributed by atoms with Crippen LogP contribution in [0.5, 0.6) is 0 Å². The van der Waals surface area contributed by atoms with E-state index in [4.69, 9.17) is 28.9 Å². The maximum absolute atomic E-state index is 12.4. The number of hydrogen-bond acceptors (Lipinski definition) is 3. The van der Waals surface area contributed by atoms with E-state index in [9.17, 15) is 31.1 Å². The molecule has 0 amide bonds. The predicted molar refractivity (Wildman–Crippen MR) is 111 cm³/mol. The zero-order valence-corrected chi connectivity index (χ0v) is 17.1. The van der Waals surface area contributed by atoms with Crippen molar-refractivity contribution < 1.29 is 26.3 Å². The van der Waals surface area contributed by atoms with Crippen molar-refractivity contribution in [3.05, 3.63) is 80.2 Å². The number of nitrogens with one attached hydrogen (secondary N) is 1. The number of rotatable bonds is 0. The van der Waals surface area contributed by atoms with Crippen LogP contribution in [0.1, 0.15) is 11.4 Å². The molecule has 0 atom stereocenters. The molecule has 0 fully saturated rings. The van der Waals surface area contributed by atoms with Crippen molar-refractivity contribution in [3.63, 3.8) is 0 Å². The van der Waals surface area contributed by atoms with E-state index in [0.717, 1.165) is 6.07 Å². The first-order valence-corrected chi connectivity index (χ1v) is 9.34. The Kier molecular flexibility index (Phi) is 6.30. The molecule has 168 valence electrons. The SMILES string of the molecule is Nc1cc(C(F)(F)F)nc2cc(Cl)ccc12.O=c1cc(C(F)(F)F)[nH]c2cc(Cl)ccc12. The van der Waals surface area contributed by atoms with Crippen LogP contribution in [0.25, 0.3) is 21.8 Å². The molecule has 0 aliphatic rings. The number of halogens is 8. The number of nitrogens with zero attached hydrogens (tertiary/aromatic N) is 1. The van der Waals surface area contributed by atoms with Gasteiger partial charge in [-0.25, -0.2) is 4.98 Å². The van der Waals surface area contributed by atoms with Crippen LogP contribution in [-0.2, 0) is 12.4 Å². The second-order valence-corrected chi connectivity index (χ2v) is 7.36. The minimum absolute atomic E-state index is 0.0361. The molecule has 2 aromatic carbocycles. The molecule has 0 unspecified atom stereocenters. The van der Waals surface area contributed by atoms with Crippen LogP contribution < -0.4 is 11.2 Å². The average molecular weight is 494 g/mol. The average Bonchev–Trinajstić information content (AvgIpc) is 2.66. The van der Waals surface area contributed by atoms with Gasteiger partial charge in [0, 0.05) is 32.6 Å². The first-order valence-electron chi connectivity index (χ1n) is 8.58. The molecule has 2 heterocycles. The third-order valence-electron chi connectivity index (χ3n) is 4.19. The Balaban J connectivity index is 0.000000181. The standard InChI is InChI=1S/C10H6ClF3N2.C10H5ClF3NO/c11-5-1-2-6-7(15)4-9(10(12,13)14)16-8(6)3-5;11-5-1-2-6-7(3-5)15-9(4-8(6)16)10(12,13)14/h1-4H,(H2,15,16);1-4H,(H,15,16). The minimum atomic E-state index is -4.57. The highest BCUT2D eigenvalue weighted by molar-refractivity contribution is 6.31. The summed E-state index contributed by atoms with van der Waals surface area (Å²) in [6.07, 6.45) is -9.08. The molecular weight excluding hydrogens is 483 g/mol. The summed E-state index contributed by atoms with van der Waals surface area (Å²) < 4.78 is 74.5. The van der Waals surface area contributed by atoms with E-state index in [0.29, 0.717) is 16.5 Å². The van der Waals surface area contributed by atoms with Crippen LogP contribution >= 0.6 is 23.2 Å². The molecule has 0 saturated carbocycles. The quantitative estimate of drug-likeness (QED) is 0.268. The highest BCUT2D eigenvalue weighted by Gasteiger charge is 2.33. The highest BCUT2D eigenvalue weighted by atomic mass is 35.5. The van der Waals surface area contributed by atoms with Crippen molar-refractivity contribution in [2.24, 2.45) is 0 Å². The Bertz CT molecular complexity index is 1370. The van der Waals surface area contributed by atoms with Gasteiger partial charge in [0.2, 0.25) is 0 Å². The van der Waals surface area contributed by atoms with Gasteiger partial charge >= 0.3 is 12.4 Å². The normalized spacial score (nSPS) is 12.0. The first-order chi connectivity index (χ1) is 14.8. The molecule has 0 bridgehead atoms. The van der Waals surface area contributed by atoms with Gasteiger partial charge in [0.1, 0.15) is 11.4 Å². The molecule has 0 saturated heterocycles. The molecule has 0 spiro atoms. The lowest BCUT2D eigenvalue weighted by Crippen LogP contribution is -2.13. The topological polar surface area (TPSA) is 71.8 Å². The third-order valence-corrected chi connectivity index (χ3v) is 4.66. The fourth-order valence-corrected chi connectivity index (χ4v) is 3.09. The van der Waals surface area contributed by atoms with Gasteiger partial charge in [-0.15, -0.1) is 0 Å². The van der Waals surface area contributed by atoms with Gasteiger partial charge in [0.25, 0.3) is 0 Å². The zero-order valence-electron chi connectivity index (χ0n) is 15.6. The largest absolute Gasteiger partial charge is 0.433 e. The van der Waals surface area contributed by atoms with Crippen molar-refractivity contribution in [3.8, 4) is 0 Å². The minimum Gasteiger partial charge on any atom is -0.398 e. The second kappa shape index (κ2) is 8.51. The number of fused-ring (bicyclic) bond motifs is 2.